The lowest BCUT2D eigenvalue weighted by molar-refractivity contribution is 0.102. The van der Waals surface area contributed by atoms with Crippen molar-refractivity contribution in [1.29, 1.82) is 0 Å². The Morgan fingerprint density at radius 2 is 1.96 bits per heavy atom. The summed E-state index contributed by atoms with van der Waals surface area (Å²) in [4.78, 5) is 20.9. The number of aromatic nitrogens is 4. The summed E-state index contributed by atoms with van der Waals surface area (Å²) in [6, 6.07) is 16.8. The predicted octanol–water partition coefficient (Wildman–Crippen LogP) is 4.39. The van der Waals surface area contributed by atoms with E-state index in [1.165, 1.54) is 17.7 Å². The zero-order chi connectivity index (χ0) is 18.9. The lowest BCUT2D eigenvalue weighted by Crippen LogP contribution is -2.11. The SMILES string of the molecule is O=C(Nc1nc(-c2cc3ccccc3o2)cs1)c1ccc(-n2cncn2)cc1. The highest BCUT2D eigenvalue weighted by molar-refractivity contribution is 7.14. The quantitative estimate of drug-likeness (QED) is 0.494. The van der Waals surface area contributed by atoms with E-state index >= 15 is 0 Å². The van der Waals surface area contributed by atoms with Gasteiger partial charge in [-0.05, 0) is 36.4 Å². The van der Waals surface area contributed by atoms with E-state index in [9.17, 15) is 4.79 Å². The standard InChI is InChI=1S/C20H13N5O2S/c26-19(13-5-7-15(8-6-13)25-12-21-11-22-25)24-20-23-16(10-28-20)18-9-14-3-1-2-4-17(14)27-18/h1-12H,(H,23,24,26). The van der Waals surface area contributed by atoms with Crippen LogP contribution in [-0.2, 0) is 0 Å². The molecule has 0 bridgehead atoms. The third kappa shape index (κ3) is 3.06. The zero-order valence-electron chi connectivity index (χ0n) is 14.4. The van der Waals surface area contributed by atoms with Crippen LogP contribution in [0.5, 0.6) is 0 Å². The minimum atomic E-state index is -0.226. The third-order valence-corrected chi connectivity index (χ3v) is 4.97. The minimum absolute atomic E-state index is 0.226. The summed E-state index contributed by atoms with van der Waals surface area (Å²) in [5.74, 6) is 0.450. The second-order valence-electron chi connectivity index (χ2n) is 6.03. The van der Waals surface area contributed by atoms with Crippen molar-refractivity contribution in [1.82, 2.24) is 19.7 Å². The number of amides is 1. The number of nitrogens with zero attached hydrogens (tertiary/aromatic N) is 4. The number of carbonyl (C=O) groups excluding carboxylic acids is 1. The molecule has 7 nitrogen and oxygen atoms in total. The van der Waals surface area contributed by atoms with Gasteiger partial charge in [-0.2, -0.15) is 5.10 Å². The van der Waals surface area contributed by atoms with Crippen LogP contribution in [0.25, 0.3) is 28.1 Å². The Bertz CT molecular complexity index is 1220. The number of benzene rings is 2. The molecule has 0 aliphatic heterocycles. The van der Waals surface area contributed by atoms with E-state index in [1.807, 2.05) is 47.8 Å². The van der Waals surface area contributed by atoms with Crippen molar-refractivity contribution in [3.63, 3.8) is 0 Å². The number of hydrogen-bond acceptors (Lipinski definition) is 6. The monoisotopic (exact) mass is 387 g/mol. The van der Waals surface area contributed by atoms with Crippen molar-refractivity contribution >= 4 is 33.3 Å². The molecule has 0 fully saturated rings. The Hall–Kier alpha value is -3.78. The normalized spacial score (nSPS) is 11.0. The Kier molecular flexibility index (Phi) is 3.95. The molecule has 0 radical (unpaired) electrons. The molecule has 5 rings (SSSR count). The van der Waals surface area contributed by atoms with Crippen LogP contribution in [0.3, 0.4) is 0 Å². The van der Waals surface area contributed by atoms with E-state index in [-0.39, 0.29) is 5.91 Å². The van der Waals surface area contributed by atoms with Crippen LogP contribution in [-0.4, -0.2) is 25.7 Å². The number of fused-ring (bicyclic) bond motifs is 1. The number of nitrogens with one attached hydrogen (secondary N) is 1. The molecule has 1 amide bonds. The topological polar surface area (TPSA) is 85.8 Å². The summed E-state index contributed by atoms with van der Waals surface area (Å²) in [7, 11) is 0. The highest BCUT2D eigenvalue weighted by atomic mass is 32.1. The van der Waals surface area contributed by atoms with Crippen molar-refractivity contribution in [2.24, 2.45) is 0 Å². The molecule has 0 spiro atoms. The fourth-order valence-electron chi connectivity index (χ4n) is 2.83. The summed E-state index contributed by atoms with van der Waals surface area (Å²) < 4.78 is 7.45. The fourth-order valence-corrected chi connectivity index (χ4v) is 3.52. The average Bonchev–Trinajstić information content (AvgIpc) is 3.47. The predicted molar refractivity (Wildman–Crippen MR) is 107 cm³/mol. The first-order chi connectivity index (χ1) is 13.8. The van der Waals surface area contributed by atoms with Crippen molar-refractivity contribution < 1.29 is 9.21 Å². The molecule has 1 N–H and O–H groups in total. The molecule has 0 aliphatic rings. The van der Waals surface area contributed by atoms with Crippen LogP contribution in [0.15, 0.2) is 77.0 Å². The van der Waals surface area contributed by atoms with Crippen molar-refractivity contribution in [3.05, 3.63) is 78.2 Å². The molecule has 0 saturated heterocycles. The van der Waals surface area contributed by atoms with Gasteiger partial charge in [-0.25, -0.2) is 14.6 Å². The van der Waals surface area contributed by atoms with Gasteiger partial charge >= 0.3 is 0 Å². The summed E-state index contributed by atoms with van der Waals surface area (Å²) in [5.41, 5.74) is 2.86. The maximum Gasteiger partial charge on any atom is 0.257 e. The van der Waals surface area contributed by atoms with Crippen LogP contribution in [0.4, 0.5) is 5.13 Å². The molecule has 0 atom stereocenters. The summed E-state index contributed by atoms with van der Waals surface area (Å²) in [6.07, 6.45) is 3.06. The second kappa shape index (κ2) is 6.75. The Balaban J connectivity index is 1.33. The Labute approximate surface area is 163 Å². The van der Waals surface area contributed by atoms with E-state index in [4.69, 9.17) is 4.42 Å². The maximum absolute atomic E-state index is 12.5. The van der Waals surface area contributed by atoms with Gasteiger partial charge in [-0.15, -0.1) is 11.3 Å². The smallest absolute Gasteiger partial charge is 0.257 e. The zero-order valence-corrected chi connectivity index (χ0v) is 15.3. The van der Waals surface area contributed by atoms with Gasteiger partial charge < -0.3 is 4.42 Å². The number of anilines is 1. The number of carbonyl (C=O) groups is 1. The first-order valence-corrected chi connectivity index (χ1v) is 9.35. The van der Waals surface area contributed by atoms with Crippen LogP contribution in [0.2, 0.25) is 0 Å². The minimum Gasteiger partial charge on any atom is -0.454 e. The van der Waals surface area contributed by atoms with Gasteiger partial charge in [0.25, 0.3) is 5.91 Å². The number of hydrogen-bond donors (Lipinski definition) is 1. The first kappa shape index (κ1) is 16.4. The summed E-state index contributed by atoms with van der Waals surface area (Å²) in [6.45, 7) is 0. The first-order valence-electron chi connectivity index (χ1n) is 8.47. The van der Waals surface area contributed by atoms with Gasteiger partial charge in [0.05, 0.1) is 5.69 Å². The van der Waals surface area contributed by atoms with E-state index in [0.717, 1.165) is 16.7 Å². The van der Waals surface area contributed by atoms with E-state index < -0.39 is 0 Å². The number of para-hydroxylation sites is 1. The number of thiazole rings is 1. The summed E-state index contributed by atoms with van der Waals surface area (Å²) in [5, 5.41) is 10.3. The molecule has 136 valence electrons. The van der Waals surface area contributed by atoms with Crippen LogP contribution in [0.1, 0.15) is 10.4 Å². The summed E-state index contributed by atoms with van der Waals surface area (Å²) >= 11 is 1.35. The number of rotatable bonds is 4. The second-order valence-corrected chi connectivity index (χ2v) is 6.89. The van der Waals surface area contributed by atoms with Gasteiger partial charge in [-0.1, -0.05) is 18.2 Å². The van der Waals surface area contributed by atoms with Crippen LogP contribution < -0.4 is 5.32 Å². The molecule has 28 heavy (non-hydrogen) atoms. The molecule has 0 saturated carbocycles. The molecule has 0 unspecified atom stereocenters. The fraction of sp³-hybridized carbons (Fsp3) is 0. The third-order valence-electron chi connectivity index (χ3n) is 4.22. The Morgan fingerprint density at radius 3 is 2.75 bits per heavy atom. The van der Waals surface area contributed by atoms with E-state index in [0.29, 0.717) is 22.1 Å². The Morgan fingerprint density at radius 1 is 1.11 bits per heavy atom. The maximum atomic E-state index is 12.5. The molecule has 8 heteroatoms. The van der Waals surface area contributed by atoms with Gasteiger partial charge in [0.2, 0.25) is 0 Å². The highest BCUT2D eigenvalue weighted by Crippen LogP contribution is 2.30. The average molecular weight is 387 g/mol. The van der Waals surface area contributed by atoms with Gasteiger partial charge in [0, 0.05) is 16.3 Å². The lowest BCUT2D eigenvalue weighted by Gasteiger charge is -2.04. The molecule has 3 aromatic heterocycles. The van der Waals surface area contributed by atoms with E-state index in [2.05, 4.69) is 20.4 Å². The molecule has 2 aromatic carbocycles. The molecule has 0 aliphatic carbocycles. The molecular weight excluding hydrogens is 374 g/mol. The van der Waals surface area contributed by atoms with Gasteiger partial charge in [0.1, 0.15) is 23.9 Å². The van der Waals surface area contributed by atoms with Crippen molar-refractivity contribution in [2.75, 3.05) is 5.32 Å². The van der Waals surface area contributed by atoms with Gasteiger partial charge in [0.15, 0.2) is 10.9 Å². The molecule has 3 heterocycles. The lowest BCUT2D eigenvalue weighted by atomic mass is 10.2. The largest absolute Gasteiger partial charge is 0.454 e. The van der Waals surface area contributed by atoms with Crippen LogP contribution in [0, 0.1) is 0 Å². The van der Waals surface area contributed by atoms with Crippen molar-refractivity contribution in [2.45, 2.75) is 0 Å². The van der Waals surface area contributed by atoms with Crippen LogP contribution >= 0.6 is 11.3 Å². The number of furan rings is 1. The molecular formula is C20H13N5O2S. The highest BCUT2D eigenvalue weighted by Gasteiger charge is 2.13. The van der Waals surface area contributed by atoms with E-state index in [1.54, 1.807) is 23.1 Å². The van der Waals surface area contributed by atoms with Crippen molar-refractivity contribution in [3.8, 4) is 17.1 Å². The van der Waals surface area contributed by atoms with Gasteiger partial charge in [-0.3, -0.25) is 10.1 Å². The molecule has 5 aromatic rings.